The molecule has 0 saturated carbocycles. The van der Waals surface area contributed by atoms with Crippen molar-refractivity contribution in [2.24, 2.45) is 11.8 Å². The molecule has 0 aliphatic carbocycles. The van der Waals surface area contributed by atoms with Gasteiger partial charge in [-0.3, -0.25) is 14.5 Å². The van der Waals surface area contributed by atoms with Crippen LogP contribution in [0.4, 0.5) is 4.39 Å². The van der Waals surface area contributed by atoms with Crippen LogP contribution in [0.1, 0.15) is 53.5 Å². The summed E-state index contributed by atoms with van der Waals surface area (Å²) in [7, 11) is 5.24. The molecule has 0 bridgehead atoms. The van der Waals surface area contributed by atoms with Crippen LogP contribution < -0.4 is 15.4 Å². The third kappa shape index (κ3) is 12.6. The van der Waals surface area contributed by atoms with Crippen molar-refractivity contribution in [3.63, 3.8) is 0 Å². The van der Waals surface area contributed by atoms with Crippen molar-refractivity contribution in [1.29, 1.82) is 0 Å². The van der Waals surface area contributed by atoms with Crippen molar-refractivity contribution >= 4 is 11.9 Å². The van der Waals surface area contributed by atoms with Crippen molar-refractivity contribution in [2.75, 3.05) is 34.3 Å². The number of carboxylic acid groups (broad SMARTS) is 2. The minimum Gasteiger partial charge on any atom is -0.497 e. The average Bonchev–Trinajstić information content (AvgIpc) is 3.00. The number of halogens is 1. The number of methoxy groups -OCH3 is 1. The zero-order valence-corrected chi connectivity index (χ0v) is 26.7. The lowest BCUT2D eigenvalue weighted by molar-refractivity contribution is -0.142. The summed E-state index contributed by atoms with van der Waals surface area (Å²) in [4.78, 5) is 26.1. The third-order valence-electron chi connectivity index (χ3n) is 7.99. The monoisotopic (exact) mass is 621 g/mol. The molecule has 4 N–H and O–H groups in total. The predicted molar refractivity (Wildman–Crippen MR) is 175 cm³/mol. The molecule has 9 heteroatoms. The van der Waals surface area contributed by atoms with Crippen LogP contribution in [0, 0.1) is 17.7 Å². The number of rotatable bonds is 21. The number of aliphatic carboxylic acids is 2. The first-order valence-electron chi connectivity index (χ1n) is 15.7. The first-order valence-corrected chi connectivity index (χ1v) is 15.7. The van der Waals surface area contributed by atoms with Gasteiger partial charge in [0.25, 0.3) is 0 Å². The average molecular weight is 622 g/mol. The van der Waals surface area contributed by atoms with Gasteiger partial charge in [0, 0.05) is 25.7 Å². The molecule has 244 valence electrons. The second-order valence-corrected chi connectivity index (χ2v) is 11.8. The molecule has 0 radical (unpaired) electrons. The highest BCUT2D eigenvalue weighted by atomic mass is 19.1. The van der Waals surface area contributed by atoms with Gasteiger partial charge in [0.1, 0.15) is 11.6 Å². The molecule has 8 nitrogen and oxygen atoms in total. The molecule has 0 spiro atoms. The molecule has 0 aliphatic rings. The van der Waals surface area contributed by atoms with E-state index >= 15 is 0 Å². The van der Waals surface area contributed by atoms with Gasteiger partial charge in [0.15, 0.2) is 0 Å². The fourth-order valence-electron chi connectivity index (χ4n) is 5.73. The number of hydrogen-bond acceptors (Lipinski definition) is 6. The van der Waals surface area contributed by atoms with Gasteiger partial charge in [-0.15, -0.1) is 0 Å². The van der Waals surface area contributed by atoms with Gasteiger partial charge in [-0.05, 0) is 106 Å². The molecular weight excluding hydrogens is 573 g/mol. The van der Waals surface area contributed by atoms with Gasteiger partial charge in [-0.1, -0.05) is 48.5 Å². The maximum Gasteiger partial charge on any atom is 0.306 e. The van der Waals surface area contributed by atoms with E-state index in [1.807, 2.05) is 56.6 Å². The van der Waals surface area contributed by atoms with E-state index in [9.17, 15) is 24.2 Å². The number of nitrogens with one attached hydrogen (secondary N) is 2. The Kier molecular flexibility index (Phi) is 15.0. The Balaban J connectivity index is 1.83. The highest BCUT2D eigenvalue weighted by molar-refractivity contribution is 5.70. The van der Waals surface area contributed by atoms with Crippen molar-refractivity contribution in [3.05, 3.63) is 100 Å². The summed E-state index contributed by atoms with van der Waals surface area (Å²) in [6.07, 6.45) is 3.69. The molecule has 0 fully saturated rings. The number of carboxylic acids is 2. The third-order valence-corrected chi connectivity index (χ3v) is 7.99. The minimum atomic E-state index is -0.787. The van der Waals surface area contributed by atoms with E-state index in [0.717, 1.165) is 53.7 Å². The van der Waals surface area contributed by atoms with Crippen LogP contribution in [-0.2, 0) is 42.1 Å². The summed E-state index contributed by atoms with van der Waals surface area (Å²) in [5.74, 6) is -2.41. The van der Waals surface area contributed by atoms with Gasteiger partial charge in [-0.25, -0.2) is 4.39 Å². The minimum absolute atomic E-state index is 0.371. The normalized spacial score (nSPS) is 12.6. The SMILES string of the molecule is CNCCCC(Cc1cccc(CN(Cc2cccc(CC(CCCNC)C(=O)O)c2)Cc2cc(F)cc(OC)c2)c1)C(=O)O. The number of carbonyl (C=O) groups is 2. The van der Waals surface area contributed by atoms with Crippen LogP contribution in [0.3, 0.4) is 0 Å². The molecular formula is C36H48FN3O5. The van der Waals surface area contributed by atoms with Crippen LogP contribution in [0.2, 0.25) is 0 Å². The zero-order chi connectivity index (χ0) is 32.6. The van der Waals surface area contributed by atoms with Gasteiger partial charge < -0.3 is 25.6 Å². The van der Waals surface area contributed by atoms with Crippen LogP contribution in [-0.4, -0.2) is 61.3 Å². The van der Waals surface area contributed by atoms with Crippen molar-refractivity contribution < 1.29 is 28.9 Å². The molecule has 2 unspecified atom stereocenters. The smallest absolute Gasteiger partial charge is 0.306 e. The topological polar surface area (TPSA) is 111 Å². The summed E-state index contributed by atoms with van der Waals surface area (Å²) in [5, 5.41) is 25.7. The maximum absolute atomic E-state index is 14.4. The summed E-state index contributed by atoms with van der Waals surface area (Å²) in [6.45, 7) is 3.11. The Hall–Kier alpha value is -3.79. The van der Waals surface area contributed by atoms with Crippen LogP contribution >= 0.6 is 0 Å². The van der Waals surface area contributed by atoms with E-state index < -0.39 is 23.8 Å². The van der Waals surface area contributed by atoms with Crippen LogP contribution in [0.15, 0.2) is 66.7 Å². The summed E-state index contributed by atoms with van der Waals surface area (Å²) < 4.78 is 19.7. The Morgan fingerprint density at radius 3 is 1.64 bits per heavy atom. The lowest BCUT2D eigenvalue weighted by Crippen LogP contribution is -2.23. The number of benzene rings is 3. The fraction of sp³-hybridized carbons (Fsp3) is 0.444. The standard InChI is InChI=1S/C36H48FN3O5/c1-38-14-6-12-31(35(41)42)18-26-8-4-10-28(16-26)23-40(25-30-20-33(37)22-34(21-30)45-3)24-29-11-5-9-27(17-29)19-32(36(43)44)13-7-15-39-2/h4-5,8-11,16-17,20-22,31-32,38-39H,6-7,12-15,18-19,23-25H2,1-3H3,(H,41,42)(H,43,44). The Labute approximate surface area is 266 Å². The first kappa shape index (κ1) is 35.7. The second-order valence-electron chi connectivity index (χ2n) is 11.8. The maximum atomic E-state index is 14.4. The van der Waals surface area contributed by atoms with E-state index in [1.165, 1.54) is 19.2 Å². The molecule has 45 heavy (non-hydrogen) atoms. The highest BCUT2D eigenvalue weighted by Gasteiger charge is 2.20. The largest absolute Gasteiger partial charge is 0.497 e. The molecule has 3 rings (SSSR count). The van der Waals surface area contributed by atoms with Crippen LogP contribution in [0.5, 0.6) is 5.75 Å². The fourth-order valence-corrected chi connectivity index (χ4v) is 5.73. The summed E-state index contributed by atoms with van der Waals surface area (Å²) >= 11 is 0. The first-order chi connectivity index (χ1) is 21.7. The molecule has 3 aromatic carbocycles. The summed E-state index contributed by atoms with van der Waals surface area (Å²) in [5.41, 5.74) is 4.77. The van der Waals surface area contributed by atoms with E-state index in [4.69, 9.17) is 4.74 Å². The lowest BCUT2D eigenvalue weighted by atomic mass is 9.93. The van der Waals surface area contributed by atoms with E-state index in [0.29, 0.717) is 51.1 Å². The van der Waals surface area contributed by atoms with E-state index in [1.54, 1.807) is 0 Å². The number of nitrogens with zero attached hydrogens (tertiary/aromatic N) is 1. The van der Waals surface area contributed by atoms with Gasteiger partial charge in [0.05, 0.1) is 18.9 Å². The van der Waals surface area contributed by atoms with Crippen molar-refractivity contribution in [3.8, 4) is 5.75 Å². The van der Waals surface area contributed by atoms with E-state index in [2.05, 4.69) is 27.7 Å². The number of hydrogen-bond donors (Lipinski definition) is 4. The van der Waals surface area contributed by atoms with Crippen molar-refractivity contribution in [2.45, 2.75) is 58.2 Å². The predicted octanol–water partition coefficient (Wildman–Crippen LogP) is 5.52. The molecule has 0 aromatic heterocycles. The zero-order valence-electron chi connectivity index (χ0n) is 26.7. The number of ether oxygens (including phenoxy) is 1. The molecule has 2 atom stereocenters. The summed E-state index contributed by atoms with van der Waals surface area (Å²) in [6, 6.07) is 20.7. The Morgan fingerprint density at radius 1 is 0.733 bits per heavy atom. The molecule has 0 amide bonds. The molecule has 0 saturated heterocycles. The molecule has 0 heterocycles. The Bertz CT molecular complexity index is 1290. The van der Waals surface area contributed by atoms with Crippen LogP contribution in [0.25, 0.3) is 0 Å². The van der Waals surface area contributed by atoms with Crippen molar-refractivity contribution in [1.82, 2.24) is 15.5 Å². The van der Waals surface area contributed by atoms with Gasteiger partial charge in [0.2, 0.25) is 0 Å². The second kappa shape index (κ2) is 18.9. The lowest BCUT2D eigenvalue weighted by Gasteiger charge is -2.24. The molecule has 0 aliphatic heterocycles. The van der Waals surface area contributed by atoms with Gasteiger partial charge >= 0.3 is 11.9 Å². The quantitative estimate of drug-likeness (QED) is 0.115. The Morgan fingerprint density at radius 2 is 1.20 bits per heavy atom. The highest BCUT2D eigenvalue weighted by Crippen LogP contribution is 2.23. The molecule has 3 aromatic rings. The van der Waals surface area contributed by atoms with E-state index in [-0.39, 0.29) is 5.82 Å². The van der Waals surface area contributed by atoms with Gasteiger partial charge in [-0.2, -0.15) is 0 Å².